The first-order chi connectivity index (χ1) is 8.87. The smallest absolute Gasteiger partial charge is 0.414 e. The molecule has 0 atom stereocenters. The van der Waals surface area contributed by atoms with Gasteiger partial charge >= 0.3 is 6.18 Å². The zero-order valence-electron chi connectivity index (χ0n) is 10.2. The normalized spacial score (nSPS) is 11.0. The molecular weight excluding hydrogens is 267 g/mol. The van der Waals surface area contributed by atoms with Crippen LogP contribution in [0.5, 0.6) is 11.5 Å². The Labute approximate surface area is 107 Å². The lowest BCUT2D eigenvalue weighted by molar-refractivity contribution is -0.184. The number of nitrogens with one attached hydrogen (secondary N) is 1. The molecule has 19 heavy (non-hydrogen) atoms. The molecule has 0 unspecified atom stereocenters. The van der Waals surface area contributed by atoms with Gasteiger partial charge < -0.3 is 9.47 Å². The summed E-state index contributed by atoms with van der Waals surface area (Å²) in [7, 11) is 2.75. The Morgan fingerprint density at radius 2 is 1.95 bits per heavy atom. The van der Waals surface area contributed by atoms with Gasteiger partial charge in [0, 0.05) is 6.07 Å². The fraction of sp³-hybridized carbons (Fsp3) is 0.364. The number of hydrogen-bond donors (Lipinski definition) is 1. The van der Waals surface area contributed by atoms with Crippen LogP contribution in [0.2, 0.25) is 0 Å². The monoisotopic (exact) mass is 279 g/mol. The highest BCUT2D eigenvalue weighted by molar-refractivity contribution is 5.96. The summed E-state index contributed by atoms with van der Waals surface area (Å²) in [5.74, 6) is -0.235. The summed E-state index contributed by atoms with van der Waals surface area (Å²) in [5.41, 5.74) is 1.72. The van der Waals surface area contributed by atoms with Crippen LogP contribution in [0, 0.1) is 0 Å². The van der Waals surface area contributed by atoms with E-state index >= 15 is 0 Å². The second kappa shape index (κ2) is 6.28. The van der Waals surface area contributed by atoms with Crippen LogP contribution in [0.15, 0.2) is 18.2 Å². The Morgan fingerprint density at radius 1 is 1.26 bits per heavy atom. The van der Waals surface area contributed by atoms with Crippen molar-refractivity contribution in [1.82, 2.24) is 5.48 Å². The Morgan fingerprint density at radius 3 is 2.47 bits per heavy atom. The van der Waals surface area contributed by atoms with Crippen molar-refractivity contribution in [3.05, 3.63) is 23.8 Å². The zero-order valence-corrected chi connectivity index (χ0v) is 10.2. The average molecular weight is 279 g/mol. The quantitative estimate of drug-likeness (QED) is 0.837. The lowest BCUT2D eigenvalue weighted by Crippen LogP contribution is -2.29. The first kappa shape index (κ1) is 15.1. The number of amides is 1. The largest absolute Gasteiger partial charge is 0.497 e. The van der Waals surface area contributed by atoms with Gasteiger partial charge in [0.1, 0.15) is 11.5 Å². The number of hydroxylamine groups is 1. The molecule has 0 aliphatic heterocycles. The minimum atomic E-state index is -4.52. The van der Waals surface area contributed by atoms with Gasteiger partial charge in [-0.2, -0.15) is 13.2 Å². The van der Waals surface area contributed by atoms with E-state index in [0.29, 0.717) is 5.75 Å². The van der Waals surface area contributed by atoms with Crippen molar-refractivity contribution in [3.8, 4) is 11.5 Å². The van der Waals surface area contributed by atoms with E-state index in [1.165, 1.54) is 32.4 Å². The first-order valence-corrected chi connectivity index (χ1v) is 5.08. The van der Waals surface area contributed by atoms with Gasteiger partial charge in [-0.05, 0) is 12.1 Å². The van der Waals surface area contributed by atoms with E-state index in [1.54, 1.807) is 5.48 Å². The Bertz CT molecular complexity index is 448. The average Bonchev–Trinajstić information content (AvgIpc) is 2.36. The molecule has 106 valence electrons. The highest BCUT2D eigenvalue weighted by Crippen LogP contribution is 2.24. The number of hydrogen-bond acceptors (Lipinski definition) is 4. The molecule has 0 fully saturated rings. The molecule has 5 nitrogen and oxygen atoms in total. The van der Waals surface area contributed by atoms with Crippen molar-refractivity contribution < 1.29 is 32.3 Å². The van der Waals surface area contributed by atoms with Crippen LogP contribution in [0.25, 0.3) is 0 Å². The van der Waals surface area contributed by atoms with Gasteiger partial charge in [-0.25, -0.2) is 5.48 Å². The third-order valence-electron chi connectivity index (χ3n) is 2.05. The number of halogens is 3. The number of carbonyl (C=O) groups is 1. The SMILES string of the molecule is COc1ccc(C(=O)NOCC(F)(F)F)c(OC)c1. The van der Waals surface area contributed by atoms with Crippen molar-refractivity contribution >= 4 is 5.91 Å². The summed E-state index contributed by atoms with van der Waals surface area (Å²) in [6.07, 6.45) is -4.52. The van der Waals surface area contributed by atoms with Crippen LogP contribution in [-0.2, 0) is 4.84 Å². The van der Waals surface area contributed by atoms with Gasteiger partial charge in [0.05, 0.1) is 19.8 Å². The Balaban J connectivity index is 2.71. The molecule has 0 saturated carbocycles. The maximum absolute atomic E-state index is 11.8. The van der Waals surface area contributed by atoms with Crippen molar-refractivity contribution in [1.29, 1.82) is 0 Å². The highest BCUT2D eigenvalue weighted by atomic mass is 19.4. The lowest BCUT2D eigenvalue weighted by atomic mass is 10.2. The first-order valence-electron chi connectivity index (χ1n) is 5.08. The summed E-state index contributed by atoms with van der Waals surface area (Å²) in [5, 5.41) is 0. The van der Waals surface area contributed by atoms with Crippen LogP contribution < -0.4 is 15.0 Å². The van der Waals surface area contributed by atoms with Gasteiger partial charge in [-0.3, -0.25) is 9.63 Å². The van der Waals surface area contributed by atoms with Crippen LogP contribution in [0.3, 0.4) is 0 Å². The zero-order chi connectivity index (χ0) is 14.5. The Hall–Kier alpha value is -1.96. The van der Waals surface area contributed by atoms with Gasteiger partial charge in [0.15, 0.2) is 6.61 Å². The fourth-order valence-electron chi connectivity index (χ4n) is 1.22. The van der Waals surface area contributed by atoms with E-state index in [-0.39, 0.29) is 11.3 Å². The summed E-state index contributed by atoms with van der Waals surface area (Å²) >= 11 is 0. The highest BCUT2D eigenvalue weighted by Gasteiger charge is 2.28. The molecule has 0 aromatic heterocycles. The fourth-order valence-corrected chi connectivity index (χ4v) is 1.22. The van der Waals surface area contributed by atoms with Crippen molar-refractivity contribution in [2.24, 2.45) is 0 Å². The summed E-state index contributed by atoms with van der Waals surface area (Å²) in [6.45, 7) is -1.57. The maximum atomic E-state index is 11.8. The second-order valence-electron chi connectivity index (χ2n) is 3.40. The molecule has 0 bridgehead atoms. The number of carbonyl (C=O) groups excluding carboxylic acids is 1. The number of benzene rings is 1. The predicted octanol–water partition coefficient (Wildman–Crippen LogP) is 1.93. The molecule has 1 aromatic carbocycles. The molecule has 0 aliphatic carbocycles. The van der Waals surface area contributed by atoms with E-state index < -0.39 is 18.7 Å². The molecule has 1 N–H and O–H groups in total. The standard InChI is InChI=1S/C11H12F3NO4/c1-17-7-3-4-8(9(5-7)18-2)10(16)15-19-6-11(12,13)14/h3-5H,6H2,1-2H3,(H,15,16). The summed E-state index contributed by atoms with van der Waals surface area (Å²) in [6, 6.07) is 4.25. The molecule has 0 heterocycles. The molecule has 0 spiro atoms. The third-order valence-corrected chi connectivity index (χ3v) is 2.05. The second-order valence-corrected chi connectivity index (χ2v) is 3.40. The topological polar surface area (TPSA) is 56.8 Å². The summed E-state index contributed by atoms with van der Waals surface area (Å²) < 4.78 is 45.4. The van der Waals surface area contributed by atoms with E-state index in [1.807, 2.05) is 0 Å². The van der Waals surface area contributed by atoms with Crippen molar-refractivity contribution in [2.45, 2.75) is 6.18 Å². The minimum absolute atomic E-state index is 0.0328. The van der Waals surface area contributed by atoms with Gasteiger partial charge in [0.2, 0.25) is 0 Å². The van der Waals surface area contributed by atoms with Gasteiger partial charge in [0.25, 0.3) is 5.91 Å². The molecule has 0 radical (unpaired) electrons. The van der Waals surface area contributed by atoms with Crippen LogP contribution in [0.1, 0.15) is 10.4 Å². The van der Waals surface area contributed by atoms with Crippen molar-refractivity contribution in [2.75, 3.05) is 20.8 Å². The molecule has 0 aliphatic rings. The number of rotatable bonds is 5. The van der Waals surface area contributed by atoms with E-state index in [4.69, 9.17) is 9.47 Å². The number of ether oxygens (including phenoxy) is 2. The lowest BCUT2D eigenvalue weighted by Gasteiger charge is -2.11. The minimum Gasteiger partial charge on any atom is -0.497 e. The number of methoxy groups -OCH3 is 2. The van der Waals surface area contributed by atoms with Crippen LogP contribution in [0.4, 0.5) is 13.2 Å². The van der Waals surface area contributed by atoms with Gasteiger partial charge in [-0.1, -0.05) is 0 Å². The van der Waals surface area contributed by atoms with E-state index in [0.717, 1.165) is 0 Å². The summed E-state index contributed by atoms with van der Waals surface area (Å²) in [4.78, 5) is 15.6. The van der Waals surface area contributed by atoms with E-state index in [9.17, 15) is 18.0 Å². The molecular formula is C11H12F3NO4. The Kier molecular flexibility index (Phi) is 4.99. The molecule has 1 amide bonds. The molecule has 0 saturated heterocycles. The van der Waals surface area contributed by atoms with Crippen molar-refractivity contribution in [3.63, 3.8) is 0 Å². The van der Waals surface area contributed by atoms with Crippen LogP contribution >= 0.6 is 0 Å². The number of alkyl halides is 3. The maximum Gasteiger partial charge on any atom is 0.414 e. The third kappa shape index (κ3) is 4.66. The van der Waals surface area contributed by atoms with Gasteiger partial charge in [-0.15, -0.1) is 0 Å². The molecule has 8 heteroatoms. The molecule has 1 aromatic rings. The van der Waals surface area contributed by atoms with E-state index in [2.05, 4.69) is 4.84 Å². The predicted molar refractivity (Wildman–Crippen MR) is 59.0 cm³/mol. The molecule has 1 rings (SSSR count). The van der Waals surface area contributed by atoms with Crippen LogP contribution in [-0.4, -0.2) is 32.9 Å².